The number of hydrogen-bond acceptors (Lipinski definition) is 12. The highest BCUT2D eigenvalue weighted by Gasteiger charge is 2.32. The molecule has 3 fully saturated rings. The summed E-state index contributed by atoms with van der Waals surface area (Å²) >= 11 is 3.54. The Bertz CT molecular complexity index is 1880. The molecule has 15 heteroatoms. The number of hydrogen-bond donors (Lipinski definition) is 4. The molecule has 3 aliphatic rings. The van der Waals surface area contributed by atoms with Crippen LogP contribution in [0.25, 0.3) is 11.0 Å². The van der Waals surface area contributed by atoms with Crippen molar-refractivity contribution in [2.45, 2.75) is 37.6 Å². The summed E-state index contributed by atoms with van der Waals surface area (Å²) in [7, 11) is -1.93. The Hall–Kier alpha value is -3.79. The first-order valence-corrected chi connectivity index (χ1v) is 18.6. The monoisotopic (exact) mass is 722 g/mol. The lowest BCUT2D eigenvalue weighted by molar-refractivity contribution is 0.150. The van der Waals surface area contributed by atoms with E-state index in [1.54, 1.807) is 31.6 Å². The highest BCUT2D eigenvalue weighted by atomic mass is 79.9. The van der Waals surface area contributed by atoms with Crippen molar-refractivity contribution < 1.29 is 13.2 Å². The molecule has 0 spiro atoms. The van der Waals surface area contributed by atoms with Crippen LogP contribution in [0.3, 0.4) is 0 Å². The van der Waals surface area contributed by atoms with Crippen LogP contribution in [0.15, 0.2) is 47.3 Å². The molecule has 2 aromatic heterocycles. The van der Waals surface area contributed by atoms with Crippen LogP contribution < -0.4 is 30.3 Å². The molecule has 4 N–H and O–H groups in total. The van der Waals surface area contributed by atoms with Crippen LogP contribution in [-0.2, 0) is 10.0 Å². The van der Waals surface area contributed by atoms with E-state index in [4.69, 9.17) is 9.72 Å². The van der Waals surface area contributed by atoms with Crippen LogP contribution in [0.5, 0.6) is 5.75 Å². The molecule has 2 aliphatic heterocycles. The van der Waals surface area contributed by atoms with E-state index in [0.29, 0.717) is 44.9 Å². The minimum Gasteiger partial charge on any atom is -0.494 e. The first-order valence-electron chi connectivity index (χ1n) is 16.0. The smallest absolute Gasteiger partial charge is 0.229 e. The third-order valence-corrected chi connectivity index (χ3v) is 10.2. The third-order valence-electron chi connectivity index (χ3n) is 9.01. The molecule has 248 valence electrons. The zero-order valence-corrected chi connectivity index (χ0v) is 28.9. The van der Waals surface area contributed by atoms with Gasteiger partial charge in [-0.3, -0.25) is 19.6 Å². The maximum Gasteiger partial charge on any atom is 0.229 e. The van der Waals surface area contributed by atoms with Gasteiger partial charge in [-0.05, 0) is 71.3 Å². The minimum absolute atomic E-state index is 0.279. The van der Waals surface area contributed by atoms with Gasteiger partial charge in [0.05, 0.1) is 40.4 Å². The van der Waals surface area contributed by atoms with Gasteiger partial charge in [-0.2, -0.15) is 4.98 Å². The van der Waals surface area contributed by atoms with Gasteiger partial charge in [0.15, 0.2) is 0 Å². The van der Waals surface area contributed by atoms with Crippen LogP contribution in [0, 0.1) is 0 Å². The Labute approximate surface area is 283 Å². The van der Waals surface area contributed by atoms with Crippen LogP contribution in [-0.4, -0.2) is 91.9 Å². The molecule has 4 aromatic rings. The number of aromatic nitrogens is 4. The molecular formula is C32H39BrN10O3S. The molecule has 2 saturated heterocycles. The lowest BCUT2D eigenvalue weighted by Crippen LogP contribution is -2.52. The molecule has 1 aliphatic carbocycles. The second kappa shape index (κ2) is 13.4. The fourth-order valence-electron chi connectivity index (χ4n) is 6.56. The van der Waals surface area contributed by atoms with Crippen molar-refractivity contribution in [2.75, 3.05) is 72.9 Å². The number of nitrogens with zero attached hydrogens (tertiary/aromatic N) is 6. The zero-order chi connectivity index (χ0) is 32.5. The summed E-state index contributed by atoms with van der Waals surface area (Å²) in [6, 6.07) is 8.52. The van der Waals surface area contributed by atoms with Crippen LogP contribution in [0.2, 0.25) is 0 Å². The van der Waals surface area contributed by atoms with Crippen molar-refractivity contribution in [3.8, 4) is 5.75 Å². The fraction of sp³-hybridized carbons (Fsp3) is 0.438. The summed E-state index contributed by atoms with van der Waals surface area (Å²) < 4.78 is 33.6. The summed E-state index contributed by atoms with van der Waals surface area (Å²) in [5, 5.41) is 10.1. The van der Waals surface area contributed by atoms with Crippen LogP contribution in [0.1, 0.15) is 37.2 Å². The lowest BCUT2D eigenvalue weighted by atomic mass is 9.99. The second-order valence-corrected chi connectivity index (χ2v) is 14.9. The second-order valence-electron chi connectivity index (χ2n) is 12.3. The van der Waals surface area contributed by atoms with Crippen molar-refractivity contribution >= 4 is 71.5 Å². The molecule has 47 heavy (non-hydrogen) atoms. The number of halogens is 1. The van der Waals surface area contributed by atoms with Crippen molar-refractivity contribution in [2.24, 2.45) is 0 Å². The summed E-state index contributed by atoms with van der Waals surface area (Å²) in [5.41, 5.74) is 5.10. The Morgan fingerprint density at radius 2 is 1.72 bits per heavy atom. The Balaban J connectivity index is 1.14. The molecule has 0 radical (unpaired) electrons. The summed E-state index contributed by atoms with van der Waals surface area (Å²) in [6.45, 7) is 6.50. The Kier molecular flexibility index (Phi) is 9.05. The van der Waals surface area contributed by atoms with E-state index in [-0.39, 0.29) is 5.69 Å². The molecule has 0 atom stereocenters. The number of methoxy groups -OCH3 is 1. The molecule has 0 bridgehead atoms. The van der Waals surface area contributed by atoms with Gasteiger partial charge >= 0.3 is 0 Å². The number of rotatable bonds is 10. The first-order chi connectivity index (χ1) is 22.8. The number of sulfonamides is 1. The van der Waals surface area contributed by atoms with Gasteiger partial charge in [0.2, 0.25) is 16.0 Å². The highest BCUT2D eigenvalue weighted by molar-refractivity contribution is 9.10. The predicted octanol–water partition coefficient (Wildman–Crippen LogP) is 4.80. The number of ether oxygens (including phenoxy) is 1. The number of anilines is 6. The van der Waals surface area contributed by atoms with Crippen molar-refractivity contribution in [3.05, 3.63) is 52.9 Å². The quantitative estimate of drug-likeness (QED) is 0.178. The van der Waals surface area contributed by atoms with E-state index in [9.17, 15) is 8.42 Å². The van der Waals surface area contributed by atoms with E-state index in [0.717, 1.165) is 57.0 Å². The molecule has 7 rings (SSSR count). The van der Waals surface area contributed by atoms with Gasteiger partial charge in [0.25, 0.3) is 0 Å². The van der Waals surface area contributed by atoms with Crippen molar-refractivity contribution in [1.82, 2.24) is 30.2 Å². The molecular weight excluding hydrogens is 684 g/mol. The lowest BCUT2D eigenvalue weighted by Gasteiger charge is -2.41. The van der Waals surface area contributed by atoms with E-state index < -0.39 is 10.0 Å². The van der Waals surface area contributed by atoms with Crippen LogP contribution in [0.4, 0.5) is 34.5 Å². The first kappa shape index (κ1) is 31.8. The molecule has 2 aromatic carbocycles. The number of piperazine rings is 1. The fourth-order valence-corrected chi connectivity index (χ4v) is 7.43. The number of piperidine rings is 1. The van der Waals surface area contributed by atoms with Gasteiger partial charge < -0.3 is 25.6 Å². The number of nitrogens with one attached hydrogen (secondary N) is 4. The van der Waals surface area contributed by atoms with Crippen LogP contribution >= 0.6 is 15.9 Å². The minimum atomic E-state index is -3.61. The standard InChI is InChI=1S/C32H39BrN10O3S/c1-46-28-18-27(43-13-7-21(8-14-43)42-15-11-34-12-16-42)22(20-3-4-20)17-26(28)39-32-37-19-23(33)31(40-32)38-25-6-5-24-29(36-10-9-35-24)30(25)41-47(2,44)45/h5-6,9-10,17-21,34,41H,3-4,7-8,11-16H2,1-2H3,(H2,37,38,39,40). The summed E-state index contributed by atoms with van der Waals surface area (Å²) in [6.07, 6.45) is 10.5. The molecule has 13 nitrogen and oxygen atoms in total. The SMILES string of the molecule is COc1cc(N2CCC(N3CCNCC3)CC2)c(C2CC2)cc1Nc1ncc(Br)c(Nc2ccc3nccnc3c2NS(C)(=O)=O)n1. The largest absolute Gasteiger partial charge is 0.494 e. The van der Waals surface area contributed by atoms with Gasteiger partial charge in [-0.15, -0.1) is 0 Å². The summed E-state index contributed by atoms with van der Waals surface area (Å²) in [5.74, 6) is 2.05. The number of fused-ring (bicyclic) bond motifs is 1. The van der Waals surface area contributed by atoms with Gasteiger partial charge in [0, 0.05) is 75.7 Å². The zero-order valence-electron chi connectivity index (χ0n) is 26.5. The highest BCUT2D eigenvalue weighted by Crippen LogP contribution is 2.48. The normalized spacial score (nSPS) is 17.9. The maximum atomic E-state index is 12.3. The topological polar surface area (TPSA) is 150 Å². The molecule has 1 saturated carbocycles. The van der Waals surface area contributed by atoms with E-state index in [1.807, 2.05) is 0 Å². The number of benzene rings is 2. The molecule has 0 amide bonds. The predicted molar refractivity (Wildman–Crippen MR) is 189 cm³/mol. The van der Waals surface area contributed by atoms with Crippen molar-refractivity contribution in [1.29, 1.82) is 0 Å². The maximum absolute atomic E-state index is 12.3. The van der Waals surface area contributed by atoms with Crippen molar-refractivity contribution in [3.63, 3.8) is 0 Å². The third kappa shape index (κ3) is 7.22. The van der Waals surface area contributed by atoms with Gasteiger partial charge in [0.1, 0.15) is 17.1 Å². The van der Waals surface area contributed by atoms with E-state index >= 15 is 0 Å². The average Bonchev–Trinajstić information content (AvgIpc) is 3.93. The van der Waals surface area contributed by atoms with Gasteiger partial charge in [-0.1, -0.05) is 0 Å². The molecule has 0 unspecified atom stereocenters. The van der Waals surface area contributed by atoms with E-state index in [1.165, 1.54) is 43.1 Å². The molecule has 4 heterocycles. The van der Waals surface area contributed by atoms with Gasteiger partial charge in [-0.25, -0.2) is 13.4 Å². The average molecular weight is 724 g/mol. The Morgan fingerprint density at radius 1 is 0.957 bits per heavy atom. The Morgan fingerprint density at radius 3 is 2.45 bits per heavy atom. The summed E-state index contributed by atoms with van der Waals surface area (Å²) in [4.78, 5) is 23.1. The van der Waals surface area contributed by atoms with E-state index in [2.05, 4.69) is 73.5 Å².